The van der Waals surface area contributed by atoms with Gasteiger partial charge in [-0.1, -0.05) is 0 Å². The van der Waals surface area contributed by atoms with Crippen molar-refractivity contribution in [2.24, 2.45) is 0 Å². The zero-order chi connectivity index (χ0) is 28.1. The van der Waals surface area contributed by atoms with Gasteiger partial charge in [0.2, 0.25) is 5.95 Å². The van der Waals surface area contributed by atoms with Crippen molar-refractivity contribution >= 4 is 26.7 Å². The molecule has 3 aromatic heterocycles. The van der Waals surface area contributed by atoms with E-state index in [-0.39, 0.29) is 35.0 Å². The second-order valence-corrected chi connectivity index (χ2v) is 11.3. The fourth-order valence-electron chi connectivity index (χ4n) is 4.75. The number of hydrogen-bond donors (Lipinski definition) is 0. The summed E-state index contributed by atoms with van der Waals surface area (Å²) >= 11 is 0. The molecule has 4 heterocycles. The van der Waals surface area contributed by atoms with Gasteiger partial charge in [0.15, 0.2) is 15.7 Å². The molecular formula is C25H21F6N5O2S. The van der Waals surface area contributed by atoms with Crippen LogP contribution in [0.25, 0.3) is 10.9 Å². The maximum Gasteiger partial charge on any atom is 0.419 e. The molecule has 206 valence electrons. The van der Waals surface area contributed by atoms with Crippen molar-refractivity contribution < 1.29 is 34.8 Å². The summed E-state index contributed by atoms with van der Waals surface area (Å²) in [6.07, 6.45) is 1.77. The summed E-state index contributed by atoms with van der Waals surface area (Å²) in [5, 5.41) is -0.113. The predicted octanol–water partition coefficient (Wildman–Crippen LogP) is 5.10. The molecular weight excluding hydrogens is 548 g/mol. The summed E-state index contributed by atoms with van der Waals surface area (Å²) in [6, 6.07) is 3.54. The highest BCUT2D eigenvalue weighted by Crippen LogP contribution is 2.32. The number of pyridine rings is 1. The molecule has 0 radical (unpaired) electrons. The first-order valence-corrected chi connectivity index (χ1v) is 13.7. The Hall–Kier alpha value is -3.68. The van der Waals surface area contributed by atoms with Crippen molar-refractivity contribution in [3.05, 3.63) is 77.3 Å². The van der Waals surface area contributed by atoms with Crippen LogP contribution in [0.4, 0.5) is 32.3 Å². The third-order valence-electron chi connectivity index (χ3n) is 6.77. The average Bonchev–Trinajstić information content (AvgIpc) is 3.26. The maximum absolute atomic E-state index is 15.0. The third-order valence-corrected chi connectivity index (χ3v) is 7.88. The van der Waals surface area contributed by atoms with Gasteiger partial charge in [-0.15, -0.1) is 0 Å². The van der Waals surface area contributed by atoms with E-state index in [1.54, 1.807) is 4.90 Å². The van der Waals surface area contributed by atoms with Gasteiger partial charge in [0, 0.05) is 49.5 Å². The van der Waals surface area contributed by atoms with Gasteiger partial charge in [0.25, 0.3) is 0 Å². The highest BCUT2D eigenvalue weighted by Gasteiger charge is 2.32. The van der Waals surface area contributed by atoms with Crippen LogP contribution in [0.1, 0.15) is 35.6 Å². The number of benzene rings is 1. The Bertz CT molecular complexity index is 1650. The Labute approximate surface area is 219 Å². The van der Waals surface area contributed by atoms with Crippen LogP contribution in [0.3, 0.4) is 0 Å². The highest BCUT2D eigenvalue weighted by atomic mass is 32.2. The monoisotopic (exact) mass is 569 g/mol. The molecule has 0 N–H and O–H groups in total. The molecule has 0 aliphatic carbocycles. The van der Waals surface area contributed by atoms with Crippen LogP contribution in [0.5, 0.6) is 0 Å². The molecule has 1 aliphatic rings. The van der Waals surface area contributed by atoms with E-state index in [9.17, 15) is 30.4 Å². The number of nitrogens with zero attached hydrogens (tertiary/aromatic N) is 5. The van der Waals surface area contributed by atoms with Gasteiger partial charge in [-0.25, -0.2) is 31.6 Å². The normalized spacial score (nSPS) is 15.3. The molecule has 0 spiro atoms. The van der Waals surface area contributed by atoms with Gasteiger partial charge >= 0.3 is 6.18 Å². The van der Waals surface area contributed by atoms with Crippen LogP contribution in [0.2, 0.25) is 0 Å². The number of alkyl halides is 3. The van der Waals surface area contributed by atoms with E-state index in [1.165, 1.54) is 29.1 Å². The smallest absolute Gasteiger partial charge is 0.341 e. The van der Waals surface area contributed by atoms with E-state index in [1.807, 2.05) is 0 Å². The summed E-state index contributed by atoms with van der Waals surface area (Å²) in [6.45, 7) is 0.777. The van der Waals surface area contributed by atoms with Crippen molar-refractivity contribution in [3.8, 4) is 0 Å². The Kier molecular flexibility index (Phi) is 6.77. The van der Waals surface area contributed by atoms with Gasteiger partial charge in [0.05, 0.1) is 23.3 Å². The van der Waals surface area contributed by atoms with Gasteiger partial charge in [-0.2, -0.15) is 13.2 Å². The van der Waals surface area contributed by atoms with E-state index < -0.39 is 43.9 Å². The van der Waals surface area contributed by atoms with Crippen LogP contribution in [-0.2, 0) is 22.6 Å². The van der Waals surface area contributed by atoms with Crippen molar-refractivity contribution in [1.82, 2.24) is 19.5 Å². The van der Waals surface area contributed by atoms with Crippen LogP contribution >= 0.6 is 0 Å². The molecule has 1 aliphatic heterocycles. The molecule has 0 atom stereocenters. The lowest BCUT2D eigenvalue weighted by Gasteiger charge is -2.32. The van der Waals surface area contributed by atoms with Crippen molar-refractivity contribution in [3.63, 3.8) is 0 Å². The van der Waals surface area contributed by atoms with Crippen molar-refractivity contribution in [2.75, 3.05) is 24.2 Å². The number of aromatic nitrogens is 4. The zero-order valence-corrected chi connectivity index (χ0v) is 21.2. The van der Waals surface area contributed by atoms with Crippen LogP contribution in [0.15, 0.2) is 47.9 Å². The van der Waals surface area contributed by atoms with Crippen molar-refractivity contribution in [2.45, 2.75) is 36.4 Å². The minimum absolute atomic E-state index is 0.0276. The molecule has 14 heteroatoms. The first-order chi connectivity index (χ1) is 18.3. The maximum atomic E-state index is 15.0. The molecule has 4 aromatic rings. The molecule has 1 saturated heterocycles. The van der Waals surface area contributed by atoms with Crippen LogP contribution in [0, 0.1) is 17.5 Å². The van der Waals surface area contributed by atoms with Gasteiger partial charge in [-0.05, 0) is 42.5 Å². The molecule has 5 rings (SSSR count). The number of piperidine rings is 1. The number of hydrogen-bond acceptors (Lipinski definition) is 6. The van der Waals surface area contributed by atoms with Crippen molar-refractivity contribution in [1.29, 1.82) is 0 Å². The molecule has 1 aromatic carbocycles. The fourth-order valence-corrected chi connectivity index (χ4v) is 5.60. The number of halogens is 6. The molecule has 0 amide bonds. The van der Waals surface area contributed by atoms with E-state index in [0.29, 0.717) is 37.8 Å². The van der Waals surface area contributed by atoms with E-state index >= 15 is 4.39 Å². The molecule has 0 saturated carbocycles. The lowest BCUT2D eigenvalue weighted by Crippen LogP contribution is -2.34. The van der Waals surface area contributed by atoms with Crippen LogP contribution in [-0.4, -0.2) is 47.3 Å². The Morgan fingerprint density at radius 2 is 1.64 bits per heavy atom. The Balaban J connectivity index is 1.29. The number of fused-ring (bicyclic) bond motifs is 1. The van der Waals surface area contributed by atoms with E-state index in [4.69, 9.17) is 0 Å². The second-order valence-electron chi connectivity index (χ2n) is 9.38. The minimum atomic E-state index is -4.52. The first-order valence-electron chi connectivity index (χ1n) is 11.8. The Morgan fingerprint density at radius 1 is 0.974 bits per heavy atom. The lowest BCUT2D eigenvalue weighted by molar-refractivity contribution is -0.138. The summed E-state index contributed by atoms with van der Waals surface area (Å²) in [7, 11) is -4.14. The van der Waals surface area contributed by atoms with Gasteiger partial charge in [-0.3, -0.25) is 4.98 Å². The average molecular weight is 570 g/mol. The van der Waals surface area contributed by atoms with Crippen LogP contribution < -0.4 is 4.90 Å². The predicted molar refractivity (Wildman–Crippen MR) is 129 cm³/mol. The third kappa shape index (κ3) is 5.29. The van der Waals surface area contributed by atoms with Gasteiger partial charge in [0.1, 0.15) is 16.5 Å². The number of anilines is 1. The Morgan fingerprint density at radius 3 is 2.23 bits per heavy atom. The summed E-state index contributed by atoms with van der Waals surface area (Å²) in [5.41, 5.74) is -0.193. The molecule has 7 nitrogen and oxygen atoms in total. The second kappa shape index (κ2) is 9.81. The zero-order valence-electron chi connectivity index (χ0n) is 20.4. The standard InChI is InChI=1S/C25H21F6N5O2S/c1-39(37,38)23-19(27)9-21-17(22(23)28)4-7-36(21)13-20-18(26)8-15(10-32-20)14-2-5-35(6-3-14)24-33-11-16(12-34-24)25(29,30)31/h4,7-12,14H,2-3,5-6,13H2,1H3. The summed E-state index contributed by atoms with van der Waals surface area (Å²) < 4.78 is 107. The molecule has 0 bridgehead atoms. The fraction of sp³-hybridized carbons (Fsp3) is 0.320. The summed E-state index contributed by atoms with van der Waals surface area (Å²) in [5.74, 6) is -2.91. The number of sulfone groups is 1. The molecule has 1 fully saturated rings. The minimum Gasteiger partial charge on any atom is -0.341 e. The van der Waals surface area contributed by atoms with Gasteiger partial charge < -0.3 is 9.47 Å². The summed E-state index contributed by atoms with van der Waals surface area (Å²) in [4.78, 5) is 12.6. The first kappa shape index (κ1) is 26.9. The SMILES string of the molecule is CS(=O)(=O)c1c(F)cc2c(ccn2Cc2ncc(C3CCN(c4ncc(C(F)(F)F)cn4)CC3)cc2F)c1F. The highest BCUT2D eigenvalue weighted by molar-refractivity contribution is 7.90. The number of rotatable bonds is 5. The quantitative estimate of drug-likeness (QED) is 0.311. The largest absolute Gasteiger partial charge is 0.419 e. The van der Waals surface area contributed by atoms with E-state index in [2.05, 4.69) is 15.0 Å². The lowest BCUT2D eigenvalue weighted by atomic mass is 9.90. The van der Waals surface area contributed by atoms with E-state index in [0.717, 1.165) is 18.5 Å². The molecule has 39 heavy (non-hydrogen) atoms. The topological polar surface area (TPSA) is 81.0 Å². The molecule has 0 unspecified atom stereocenters.